The van der Waals surface area contributed by atoms with Crippen molar-refractivity contribution in [3.05, 3.63) is 68.9 Å². The lowest BCUT2D eigenvalue weighted by Gasteiger charge is -2.18. The highest BCUT2D eigenvalue weighted by Gasteiger charge is 2.13. The van der Waals surface area contributed by atoms with Crippen LogP contribution in [0.2, 0.25) is 5.02 Å². The first kappa shape index (κ1) is 14.5. The quantitative estimate of drug-likeness (QED) is 0.846. The molecule has 0 radical (unpaired) electrons. The fraction of sp³-hybridized carbons (Fsp3) is 0.200. The summed E-state index contributed by atoms with van der Waals surface area (Å²) in [7, 11) is 1.89. The summed E-state index contributed by atoms with van der Waals surface area (Å²) in [6.45, 7) is 0. The standard InChI is InChI=1S/C15H14BrClFN/c1-19-15(10-3-2-4-12(16)7-10)9-11-8-13(18)5-6-14(11)17/h2-8,15,19H,9H2,1H3. The molecule has 0 saturated heterocycles. The van der Waals surface area contributed by atoms with Gasteiger partial charge in [0.1, 0.15) is 5.82 Å². The molecule has 0 amide bonds. The summed E-state index contributed by atoms with van der Waals surface area (Å²) in [5.41, 5.74) is 1.94. The van der Waals surface area contributed by atoms with Gasteiger partial charge in [-0.3, -0.25) is 0 Å². The summed E-state index contributed by atoms with van der Waals surface area (Å²) < 4.78 is 14.3. The maximum absolute atomic E-state index is 13.3. The highest BCUT2D eigenvalue weighted by Crippen LogP contribution is 2.25. The molecular weight excluding hydrogens is 329 g/mol. The van der Waals surface area contributed by atoms with Gasteiger partial charge in [-0.25, -0.2) is 4.39 Å². The normalized spacial score (nSPS) is 12.4. The van der Waals surface area contributed by atoms with Crippen LogP contribution in [-0.2, 0) is 6.42 Å². The Morgan fingerprint density at radius 3 is 2.74 bits per heavy atom. The summed E-state index contributed by atoms with van der Waals surface area (Å²) in [6, 6.07) is 12.6. The van der Waals surface area contributed by atoms with Crippen LogP contribution >= 0.6 is 27.5 Å². The fourth-order valence-electron chi connectivity index (χ4n) is 2.03. The first-order chi connectivity index (χ1) is 9.10. The molecule has 1 nitrogen and oxygen atoms in total. The number of nitrogens with one attached hydrogen (secondary N) is 1. The van der Waals surface area contributed by atoms with Gasteiger partial charge in [0, 0.05) is 15.5 Å². The first-order valence-corrected chi connectivity index (χ1v) is 7.14. The zero-order valence-electron chi connectivity index (χ0n) is 10.5. The van der Waals surface area contributed by atoms with Gasteiger partial charge in [-0.15, -0.1) is 0 Å². The molecule has 4 heteroatoms. The Balaban J connectivity index is 2.26. The molecule has 2 aromatic carbocycles. The largest absolute Gasteiger partial charge is 0.313 e. The zero-order chi connectivity index (χ0) is 13.8. The van der Waals surface area contributed by atoms with Gasteiger partial charge in [-0.1, -0.05) is 39.7 Å². The predicted octanol–water partition coefficient (Wildman–Crippen LogP) is 4.74. The molecule has 0 fully saturated rings. The topological polar surface area (TPSA) is 12.0 Å². The van der Waals surface area contributed by atoms with Crippen molar-refractivity contribution in [3.8, 4) is 0 Å². The van der Waals surface area contributed by atoms with Crippen molar-refractivity contribution in [2.45, 2.75) is 12.5 Å². The lowest BCUT2D eigenvalue weighted by Crippen LogP contribution is -2.19. The Kier molecular flexibility index (Phi) is 4.97. The van der Waals surface area contributed by atoms with E-state index in [1.165, 1.54) is 12.1 Å². The van der Waals surface area contributed by atoms with E-state index in [1.807, 2.05) is 31.3 Å². The molecule has 0 heterocycles. The smallest absolute Gasteiger partial charge is 0.123 e. The van der Waals surface area contributed by atoms with Crippen LogP contribution in [0, 0.1) is 5.82 Å². The van der Waals surface area contributed by atoms with E-state index in [1.54, 1.807) is 6.07 Å². The third-order valence-corrected chi connectivity index (χ3v) is 3.89. The highest BCUT2D eigenvalue weighted by molar-refractivity contribution is 9.10. The molecule has 2 rings (SSSR count). The van der Waals surface area contributed by atoms with Gasteiger partial charge >= 0.3 is 0 Å². The molecule has 0 spiro atoms. The SMILES string of the molecule is CNC(Cc1cc(F)ccc1Cl)c1cccc(Br)c1. The van der Waals surface area contributed by atoms with E-state index in [-0.39, 0.29) is 11.9 Å². The van der Waals surface area contributed by atoms with Crippen LogP contribution in [0.4, 0.5) is 4.39 Å². The number of hydrogen-bond acceptors (Lipinski definition) is 1. The average Bonchev–Trinajstić information content (AvgIpc) is 2.39. The third-order valence-electron chi connectivity index (χ3n) is 3.03. The maximum Gasteiger partial charge on any atom is 0.123 e. The first-order valence-electron chi connectivity index (χ1n) is 5.97. The molecule has 0 aliphatic carbocycles. The van der Waals surface area contributed by atoms with Crippen LogP contribution in [0.5, 0.6) is 0 Å². The molecule has 1 N–H and O–H groups in total. The van der Waals surface area contributed by atoms with Crippen LogP contribution in [0.15, 0.2) is 46.9 Å². The summed E-state index contributed by atoms with van der Waals surface area (Å²) in [6.07, 6.45) is 0.642. The van der Waals surface area contributed by atoms with E-state index in [9.17, 15) is 4.39 Å². The van der Waals surface area contributed by atoms with Crippen LogP contribution in [0.1, 0.15) is 17.2 Å². The minimum Gasteiger partial charge on any atom is -0.313 e. The Morgan fingerprint density at radius 1 is 1.26 bits per heavy atom. The Morgan fingerprint density at radius 2 is 2.05 bits per heavy atom. The predicted molar refractivity (Wildman–Crippen MR) is 81.1 cm³/mol. The van der Waals surface area contributed by atoms with Crippen molar-refractivity contribution >= 4 is 27.5 Å². The van der Waals surface area contributed by atoms with Crippen LogP contribution in [-0.4, -0.2) is 7.05 Å². The van der Waals surface area contributed by atoms with Crippen molar-refractivity contribution in [2.24, 2.45) is 0 Å². The van der Waals surface area contributed by atoms with Gasteiger partial charge in [-0.05, 0) is 54.9 Å². The van der Waals surface area contributed by atoms with Gasteiger partial charge in [0.25, 0.3) is 0 Å². The minimum absolute atomic E-state index is 0.0943. The average molecular weight is 343 g/mol. The molecule has 19 heavy (non-hydrogen) atoms. The Bertz CT molecular complexity index is 574. The molecule has 0 aromatic heterocycles. The second kappa shape index (κ2) is 6.51. The van der Waals surface area contributed by atoms with Gasteiger partial charge in [0.05, 0.1) is 0 Å². The summed E-state index contributed by atoms with van der Waals surface area (Å²) in [5, 5.41) is 3.83. The van der Waals surface area contributed by atoms with Crippen molar-refractivity contribution in [2.75, 3.05) is 7.05 Å². The molecule has 0 saturated carbocycles. The van der Waals surface area contributed by atoms with E-state index in [0.717, 1.165) is 15.6 Å². The van der Waals surface area contributed by atoms with Gasteiger partial charge in [0.15, 0.2) is 0 Å². The molecule has 0 aliphatic heterocycles. The Hall–Kier alpha value is -0.900. The number of likely N-dealkylation sites (N-methyl/N-ethyl adjacent to an activating group) is 1. The fourth-order valence-corrected chi connectivity index (χ4v) is 2.64. The lowest BCUT2D eigenvalue weighted by molar-refractivity contribution is 0.584. The van der Waals surface area contributed by atoms with Gasteiger partial charge in [-0.2, -0.15) is 0 Å². The lowest BCUT2D eigenvalue weighted by atomic mass is 9.99. The third kappa shape index (κ3) is 3.78. The molecule has 1 atom stereocenters. The van der Waals surface area contributed by atoms with Crippen LogP contribution in [0.25, 0.3) is 0 Å². The number of rotatable bonds is 4. The van der Waals surface area contributed by atoms with Crippen molar-refractivity contribution < 1.29 is 4.39 Å². The van der Waals surface area contributed by atoms with Crippen LogP contribution in [0.3, 0.4) is 0 Å². The van der Waals surface area contributed by atoms with E-state index in [2.05, 4.69) is 21.2 Å². The second-order valence-corrected chi connectivity index (χ2v) is 5.66. The molecule has 0 bridgehead atoms. The van der Waals surface area contributed by atoms with Gasteiger partial charge in [0.2, 0.25) is 0 Å². The van der Waals surface area contributed by atoms with E-state index >= 15 is 0 Å². The number of hydrogen-bond donors (Lipinski definition) is 1. The van der Waals surface area contributed by atoms with E-state index in [0.29, 0.717) is 11.4 Å². The number of halogens is 3. The summed E-state index contributed by atoms with van der Waals surface area (Å²) in [4.78, 5) is 0. The van der Waals surface area contributed by atoms with E-state index < -0.39 is 0 Å². The molecule has 0 aliphatic rings. The van der Waals surface area contributed by atoms with Crippen molar-refractivity contribution in [1.29, 1.82) is 0 Å². The van der Waals surface area contributed by atoms with E-state index in [4.69, 9.17) is 11.6 Å². The molecule has 1 unspecified atom stereocenters. The van der Waals surface area contributed by atoms with Gasteiger partial charge < -0.3 is 5.32 Å². The summed E-state index contributed by atoms with van der Waals surface area (Å²) >= 11 is 9.57. The zero-order valence-corrected chi connectivity index (χ0v) is 12.8. The number of benzene rings is 2. The maximum atomic E-state index is 13.3. The molecule has 2 aromatic rings. The highest BCUT2D eigenvalue weighted by atomic mass is 79.9. The summed E-state index contributed by atoms with van der Waals surface area (Å²) in [5.74, 6) is -0.261. The molecular formula is C15H14BrClFN. The monoisotopic (exact) mass is 341 g/mol. The van der Waals surface area contributed by atoms with Crippen LogP contribution < -0.4 is 5.32 Å². The van der Waals surface area contributed by atoms with Crippen molar-refractivity contribution in [1.82, 2.24) is 5.32 Å². The molecule has 100 valence electrons. The second-order valence-electron chi connectivity index (χ2n) is 4.34. The Labute approximate surface area is 125 Å². The minimum atomic E-state index is -0.261. The van der Waals surface area contributed by atoms with Crippen molar-refractivity contribution in [3.63, 3.8) is 0 Å².